The van der Waals surface area contributed by atoms with E-state index >= 15 is 0 Å². The Balaban J connectivity index is 1.80. The van der Waals surface area contributed by atoms with E-state index in [1.807, 2.05) is 36.6 Å². The Bertz CT molecular complexity index is 938. The molecule has 7 heteroatoms. The SMILES string of the molecule is COc1cc(C(=O)Nc2nc(-c3ccc(C)cc3)cs2)cc(Cl)c1OC. The summed E-state index contributed by atoms with van der Waals surface area (Å²) in [5.41, 5.74) is 3.36. The fraction of sp³-hybridized carbons (Fsp3) is 0.158. The fourth-order valence-corrected chi connectivity index (χ4v) is 3.41. The van der Waals surface area contributed by atoms with Gasteiger partial charge in [0.2, 0.25) is 0 Å². The number of benzene rings is 2. The topological polar surface area (TPSA) is 60.5 Å². The van der Waals surface area contributed by atoms with Crippen LogP contribution < -0.4 is 14.8 Å². The highest BCUT2D eigenvalue weighted by Gasteiger charge is 2.16. The Morgan fingerprint density at radius 3 is 2.54 bits per heavy atom. The van der Waals surface area contributed by atoms with Gasteiger partial charge in [0.25, 0.3) is 5.91 Å². The number of thiazole rings is 1. The largest absolute Gasteiger partial charge is 0.493 e. The molecule has 0 bridgehead atoms. The third-order valence-corrected chi connectivity index (χ3v) is 4.81. The highest BCUT2D eigenvalue weighted by molar-refractivity contribution is 7.14. The number of anilines is 1. The highest BCUT2D eigenvalue weighted by atomic mass is 35.5. The first-order valence-corrected chi connectivity index (χ1v) is 9.03. The van der Waals surface area contributed by atoms with Crippen LogP contribution in [0, 0.1) is 6.92 Å². The molecule has 5 nitrogen and oxygen atoms in total. The van der Waals surface area contributed by atoms with E-state index in [1.54, 1.807) is 6.07 Å². The van der Waals surface area contributed by atoms with E-state index < -0.39 is 0 Å². The summed E-state index contributed by atoms with van der Waals surface area (Å²) in [6, 6.07) is 11.2. The molecule has 1 amide bonds. The van der Waals surface area contributed by atoms with Gasteiger partial charge in [-0.1, -0.05) is 41.4 Å². The number of nitrogens with zero attached hydrogens (tertiary/aromatic N) is 1. The summed E-state index contributed by atoms with van der Waals surface area (Å²) < 4.78 is 10.4. The summed E-state index contributed by atoms with van der Waals surface area (Å²) in [5, 5.41) is 5.51. The predicted molar refractivity (Wildman–Crippen MR) is 105 cm³/mol. The molecule has 2 aromatic carbocycles. The van der Waals surface area contributed by atoms with Crippen molar-refractivity contribution in [3.63, 3.8) is 0 Å². The minimum Gasteiger partial charge on any atom is -0.493 e. The number of rotatable bonds is 5. The maximum absolute atomic E-state index is 12.5. The third-order valence-electron chi connectivity index (χ3n) is 3.77. The zero-order valence-electron chi connectivity index (χ0n) is 14.5. The molecule has 0 unspecified atom stereocenters. The molecule has 3 aromatic rings. The molecular weight excluding hydrogens is 372 g/mol. The van der Waals surface area contributed by atoms with Gasteiger partial charge < -0.3 is 9.47 Å². The van der Waals surface area contributed by atoms with Gasteiger partial charge in [0.15, 0.2) is 16.6 Å². The molecule has 134 valence electrons. The van der Waals surface area contributed by atoms with Gasteiger partial charge in [-0.15, -0.1) is 11.3 Å². The summed E-state index contributed by atoms with van der Waals surface area (Å²) in [6.45, 7) is 2.03. The second kappa shape index (κ2) is 7.76. The summed E-state index contributed by atoms with van der Waals surface area (Å²) in [7, 11) is 2.98. The summed E-state index contributed by atoms with van der Waals surface area (Å²) in [4.78, 5) is 17.0. The van der Waals surface area contributed by atoms with Crippen LogP contribution in [0.2, 0.25) is 5.02 Å². The van der Waals surface area contributed by atoms with E-state index in [2.05, 4.69) is 10.3 Å². The van der Waals surface area contributed by atoms with Gasteiger partial charge in [-0.05, 0) is 19.1 Å². The van der Waals surface area contributed by atoms with Gasteiger partial charge in [0.05, 0.1) is 24.9 Å². The zero-order valence-corrected chi connectivity index (χ0v) is 16.1. The normalized spacial score (nSPS) is 10.5. The molecule has 0 saturated carbocycles. The third kappa shape index (κ3) is 3.81. The molecule has 0 spiro atoms. The Morgan fingerprint density at radius 2 is 1.88 bits per heavy atom. The number of ether oxygens (including phenoxy) is 2. The van der Waals surface area contributed by atoms with E-state index in [0.717, 1.165) is 11.3 Å². The van der Waals surface area contributed by atoms with Gasteiger partial charge in [0, 0.05) is 16.5 Å². The minimum absolute atomic E-state index is 0.302. The van der Waals surface area contributed by atoms with Crippen molar-refractivity contribution in [2.24, 2.45) is 0 Å². The lowest BCUT2D eigenvalue weighted by Gasteiger charge is -2.11. The fourth-order valence-electron chi connectivity index (χ4n) is 2.41. The molecule has 3 rings (SSSR count). The molecular formula is C19H17ClN2O3S. The number of hydrogen-bond donors (Lipinski definition) is 1. The monoisotopic (exact) mass is 388 g/mol. The molecule has 0 aliphatic carbocycles. The molecule has 1 N–H and O–H groups in total. The quantitative estimate of drug-likeness (QED) is 0.665. The van der Waals surface area contributed by atoms with Crippen LogP contribution in [0.25, 0.3) is 11.3 Å². The van der Waals surface area contributed by atoms with E-state index in [1.165, 1.54) is 37.2 Å². The highest BCUT2D eigenvalue weighted by Crippen LogP contribution is 2.36. The average Bonchev–Trinajstić information content (AvgIpc) is 3.09. The van der Waals surface area contributed by atoms with Crippen molar-refractivity contribution in [2.75, 3.05) is 19.5 Å². The van der Waals surface area contributed by atoms with Crippen LogP contribution in [0.15, 0.2) is 41.8 Å². The van der Waals surface area contributed by atoms with Gasteiger partial charge in [-0.25, -0.2) is 4.98 Å². The van der Waals surface area contributed by atoms with Crippen LogP contribution in [-0.4, -0.2) is 25.1 Å². The van der Waals surface area contributed by atoms with E-state index in [4.69, 9.17) is 21.1 Å². The number of nitrogens with one attached hydrogen (secondary N) is 1. The molecule has 1 heterocycles. The molecule has 0 aliphatic heterocycles. The molecule has 1 aromatic heterocycles. The van der Waals surface area contributed by atoms with Crippen molar-refractivity contribution in [1.29, 1.82) is 0 Å². The number of carbonyl (C=O) groups is 1. The standard InChI is InChI=1S/C19H17ClN2O3S/c1-11-4-6-12(7-5-11)15-10-26-19(21-15)22-18(23)13-8-14(20)17(25-3)16(9-13)24-2/h4-10H,1-3H3,(H,21,22,23). The van der Waals surface area contributed by atoms with Crippen molar-refractivity contribution in [3.05, 3.63) is 57.9 Å². The lowest BCUT2D eigenvalue weighted by atomic mass is 10.1. The number of amides is 1. The van der Waals surface area contributed by atoms with Crippen molar-refractivity contribution in [1.82, 2.24) is 4.98 Å². The van der Waals surface area contributed by atoms with Crippen molar-refractivity contribution < 1.29 is 14.3 Å². The maximum atomic E-state index is 12.5. The lowest BCUT2D eigenvalue weighted by molar-refractivity contribution is 0.102. The van der Waals surface area contributed by atoms with Crippen molar-refractivity contribution in [2.45, 2.75) is 6.92 Å². The molecule has 0 atom stereocenters. The van der Waals surface area contributed by atoms with Gasteiger partial charge in [-0.3, -0.25) is 10.1 Å². The molecule has 0 aliphatic rings. The second-order valence-corrected chi connectivity index (χ2v) is 6.82. The summed E-state index contributed by atoms with van der Waals surface area (Å²) in [6.07, 6.45) is 0. The number of methoxy groups -OCH3 is 2. The van der Waals surface area contributed by atoms with Gasteiger partial charge >= 0.3 is 0 Å². The van der Waals surface area contributed by atoms with E-state index in [0.29, 0.717) is 27.2 Å². The van der Waals surface area contributed by atoms with Gasteiger partial charge in [0.1, 0.15) is 0 Å². The number of aromatic nitrogens is 1. The Kier molecular flexibility index (Phi) is 5.44. The van der Waals surface area contributed by atoms with Crippen molar-refractivity contribution in [3.8, 4) is 22.8 Å². The maximum Gasteiger partial charge on any atom is 0.257 e. The first-order chi connectivity index (χ1) is 12.5. The van der Waals surface area contributed by atoms with Gasteiger partial charge in [-0.2, -0.15) is 0 Å². The number of carbonyl (C=O) groups excluding carboxylic acids is 1. The van der Waals surface area contributed by atoms with Crippen LogP contribution in [0.1, 0.15) is 15.9 Å². The van der Waals surface area contributed by atoms with Crippen molar-refractivity contribution >= 4 is 34.0 Å². The number of hydrogen-bond acceptors (Lipinski definition) is 5. The van der Waals surface area contributed by atoms with E-state index in [-0.39, 0.29) is 5.91 Å². The Hall–Kier alpha value is -2.57. The van der Waals surface area contributed by atoms with E-state index in [9.17, 15) is 4.79 Å². The van der Waals surface area contributed by atoms with Crippen LogP contribution >= 0.6 is 22.9 Å². The first-order valence-electron chi connectivity index (χ1n) is 7.77. The molecule has 0 fully saturated rings. The summed E-state index contributed by atoms with van der Waals surface area (Å²) in [5.74, 6) is 0.462. The molecule has 0 radical (unpaired) electrons. The number of halogens is 1. The first kappa shape index (κ1) is 18.2. The average molecular weight is 389 g/mol. The molecule has 0 saturated heterocycles. The molecule has 26 heavy (non-hydrogen) atoms. The minimum atomic E-state index is -0.322. The predicted octanol–water partition coefficient (Wildman–Crippen LogP) is 5.04. The lowest BCUT2D eigenvalue weighted by Crippen LogP contribution is -2.12. The number of aryl methyl sites for hydroxylation is 1. The smallest absolute Gasteiger partial charge is 0.257 e. The second-order valence-electron chi connectivity index (χ2n) is 5.55. The zero-order chi connectivity index (χ0) is 18.7. The summed E-state index contributed by atoms with van der Waals surface area (Å²) >= 11 is 7.52. The van der Waals surface area contributed by atoms with Crippen LogP contribution in [0.4, 0.5) is 5.13 Å². The Morgan fingerprint density at radius 1 is 1.15 bits per heavy atom. The Labute approximate surface area is 160 Å². The van der Waals surface area contributed by atoms with Crippen LogP contribution in [-0.2, 0) is 0 Å². The van der Waals surface area contributed by atoms with Crippen LogP contribution in [0.5, 0.6) is 11.5 Å². The van der Waals surface area contributed by atoms with Crippen LogP contribution in [0.3, 0.4) is 0 Å².